The largest absolute Gasteiger partial charge is 0.744 e. The Morgan fingerprint density at radius 3 is 0.600 bits per heavy atom. The number of hydrogen-bond donors (Lipinski definition) is 0. The number of benzene rings is 3. The van der Waals surface area contributed by atoms with Crippen LogP contribution in [0.2, 0.25) is 0 Å². The first kappa shape index (κ1) is 53.9. The Kier molecular flexibility index (Phi) is 30.1. The molecule has 3 aromatic carbocycles. The van der Waals surface area contributed by atoms with Gasteiger partial charge in [0.2, 0.25) is 0 Å². The van der Waals surface area contributed by atoms with Crippen LogP contribution in [0.1, 0.15) is 16.7 Å². The van der Waals surface area contributed by atoms with E-state index < -0.39 is 30.4 Å². The van der Waals surface area contributed by atoms with E-state index in [0.717, 1.165) is 16.7 Å². The summed E-state index contributed by atoms with van der Waals surface area (Å²) in [4.78, 5) is -0.533. The Hall–Kier alpha value is -2.33. The van der Waals surface area contributed by atoms with Crippen molar-refractivity contribution < 1.29 is 88.8 Å². The average Bonchev–Trinajstić information content (AvgIpc) is 2.68. The van der Waals surface area contributed by atoms with Crippen LogP contribution < -0.4 is 0 Å². The van der Waals surface area contributed by atoms with Crippen LogP contribution >= 0.6 is 0 Å². The van der Waals surface area contributed by atoms with Crippen LogP contribution in [0.25, 0.3) is 0 Å². The predicted octanol–water partition coefficient (Wildman–Crippen LogP) is -2.25. The first-order valence-corrected chi connectivity index (χ1v) is 13.3. The topological polar surface area (TPSA) is 361 Å². The Balaban J connectivity index is -0.0000000751. The summed E-state index contributed by atoms with van der Waals surface area (Å²) >= 11 is 0. The van der Waals surface area contributed by atoms with Crippen molar-refractivity contribution in [3.05, 3.63) is 89.5 Å². The van der Waals surface area contributed by atoms with E-state index in [1.54, 1.807) is 36.4 Å². The minimum atomic E-state index is -4.27. The van der Waals surface area contributed by atoms with Gasteiger partial charge in [0, 0.05) is 17.1 Å². The van der Waals surface area contributed by atoms with E-state index in [-0.39, 0.29) is 64.6 Å². The fraction of sp³-hybridized carbons (Fsp3) is 0.143. The van der Waals surface area contributed by atoms with Gasteiger partial charge in [-0.1, -0.05) is 53.1 Å². The van der Waals surface area contributed by atoms with Crippen LogP contribution in [0.3, 0.4) is 0 Å². The molecule has 3 aromatic rings. The van der Waals surface area contributed by atoms with Gasteiger partial charge in [0.1, 0.15) is 30.4 Å². The van der Waals surface area contributed by atoms with Gasteiger partial charge in [-0.2, -0.15) is 0 Å². The molecule has 0 aliphatic heterocycles. The monoisotopic (exact) mass is 677 g/mol. The summed E-state index contributed by atoms with van der Waals surface area (Å²) in [6.45, 7) is 5.46. The summed E-state index contributed by atoms with van der Waals surface area (Å²) in [5.41, 5.74) is 2.78. The molecule has 0 aliphatic rings. The van der Waals surface area contributed by atoms with Crippen molar-refractivity contribution in [2.45, 2.75) is 35.5 Å². The van der Waals surface area contributed by atoms with Crippen molar-refractivity contribution in [1.29, 1.82) is 0 Å². The van der Waals surface area contributed by atoms with Crippen molar-refractivity contribution in [1.82, 2.24) is 0 Å². The number of aryl methyl sites for hydroxylation is 3. The fourth-order valence-corrected chi connectivity index (χ4v) is 3.52. The molecular formula is C21H33FeO15S3-3. The number of rotatable bonds is 3. The van der Waals surface area contributed by atoms with E-state index in [2.05, 4.69) is 0 Å². The predicted molar refractivity (Wildman–Crippen MR) is 139 cm³/mol. The molecule has 0 unspecified atom stereocenters. The standard InChI is InChI=1S/3C7H8O3S.Fe.6H2O/c3*1-6-2-4-7(5-3-6)11(8,9)10;;;;;;;/h3*2-5H,1H3,(H,8,9,10);;6*1H2/p-3. The SMILES string of the molecule is Cc1ccc(S(=O)(=O)[O-])cc1.Cc1ccc(S(=O)(=O)[O-])cc1.Cc1ccc(S(=O)(=O)[O-])cc1.O.O.O.O.O.O.[Fe]. The normalized spacial score (nSPS) is 9.45. The molecule has 236 valence electrons. The molecule has 19 heteroatoms. The van der Waals surface area contributed by atoms with E-state index in [0.29, 0.717) is 0 Å². The summed E-state index contributed by atoms with van der Waals surface area (Å²) in [5, 5.41) is 0. The molecule has 0 atom stereocenters. The second kappa shape index (κ2) is 22.4. The number of hydrogen-bond acceptors (Lipinski definition) is 9. The summed E-state index contributed by atoms with van der Waals surface area (Å²) < 4.78 is 93.5. The van der Waals surface area contributed by atoms with Gasteiger partial charge < -0.3 is 46.5 Å². The van der Waals surface area contributed by atoms with Crippen LogP contribution in [-0.4, -0.2) is 71.8 Å². The molecule has 0 radical (unpaired) electrons. The zero-order chi connectivity index (χ0) is 25.4. The molecule has 0 heterocycles. The van der Waals surface area contributed by atoms with Crippen molar-refractivity contribution in [2.75, 3.05) is 0 Å². The molecule has 12 N–H and O–H groups in total. The molecule has 0 bridgehead atoms. The van der Waals surface area contributed by atoms with Gasteiger partial charge in [-0.25, -0.2) is 25.3 Å². The van der Waals surface area contributed by atoms with Crippen LogP contribution in [0.15, 0.2) is 87.5 Å². The average molecular weight is 678 g/mol. The van der Waals surface area contributed by atoms with Crippen molar-refractivity contribution >= 4 is 30.4 Å². The molecule has 0 saturated heterocycles. The van der Waals surface area contributed by atoms with Gasteiger partial charge >= 0.3 is 0 Å². The molecule has 0 aliphatic carbocycles. The van der Waals surface area contributed by atoms with Gasteiger partial charge in [-0.15, -0.1) is 0 Å². The van der Waals surface area contributed by atoms with Crippen LogP contribution in [0.5, 0.6) is 0 Å². The van der Waals surface area contributed by atoms with E-state index in [1.165, 1.54) is 36.4 Å². The smallest absolute Gasteiger partial charge is 0.124 e. The fourth-order valence-electron chi connectivity index (χ4n) is 2.11. The van der Waals surface area contributed by atoms with Gasteiger partial charge in [0.25, 0.3) is 0 Å². The third-order valence-corrected chi connectivity index (χ3v) is 6.48. The van der Waals surface area contributed by atoms with Gasteiger partial charge in [0.15, 0.2) is 0 Å². The zero-order valence-corrected chi connectivity index (χ0v) is 24.7. The second-order valence-corrected chi connectivity index (χ2v) is 10.9. The quantitative estimate of drug-likeness (QED) is 0.213. The van der Waals surface area contributed by atoms with Crippen LogP contribution in [0, 0.1) is 20.8 Å². The summed E-state index contributed by atoms with van der Waals surface area (Å²) in [5.74, 6) is 0. The molecule has 0 saturated carbocycles. The Morgan fingerprint density at radius 2 is 0.500 bits per heavy atom. The zero-order valence-electron chi connectivity index (χ0n) is 21.2. The maximum Gasteiger partial charge on any atom is 0.124 e. The van der Waals surface area contributed by atoms with Crippen molar-refractivity contribution in [3.8, 4) is 0 Å². The first-order valence-electron chi connectivity index (χ1n) is 9.08. The molecule has 15 nitrogen and oxygen atoms in total. The molecule has 0 fully saturated rings. The third-order valence-electron chi connectivity index (χ3n) is 3.93. The van der Waals surface area contributed by atoms with Crippen molar-refractivity contribution in [2.24, 2.45) is 0 Å². The first-order chi connectivity index (χ1) is 15.0. The minimum Gasteiger partial charge on any atom is -0.744 e. The maximum atomic E-state index is 10.4. The Bertz CT molecular complexity index is 1200. The Labute approximate surface area is 243 Å². The van der Waals surface area contributed by atoms with Crippen LogP contribution in [-0.2, 0) is 47.4 Å². The summed E-state index contributed by atoms with van der Waals surface area (Å²) in [6, 6.07) is 17.3. The van der Waals surface area contributed by atoms with Gasteiger partial charge in [-0.05, 0) is 57.2 Å². The van der Waals surface area contributed by atoms with Gasteiger partial charge in [0.05, 0.1) is 14.7 Å². The summed E-state index contributed by atoms with van der Waals surface area (Å²) in [6.07, 6.45) is 0. The maximum absolute atomic E-state index is 10.4. The van der Waals surface area contributed by atoms with Gasteiger partial charge in [-0.3, -0.25) is 0 Å². The third kappa shape index (κ3) is 20.6. The van der Waals surface area contributed by atoms with E-state index in [1.807, 2.05) is 20.8 Å². The molecular weight excluding hydrogens is 644 g/mol. The molecule has 0 spiro atoms. The summed E-state index contributed by atoms with van der Waals surface area (Å²) in [7, 11) is -12.8. The Morgan fingerprint density at radius 1 is 0.375 bits per heavy atom. The van der Waals surface area contributed by atoms with E-state index in [4.69, 9.17) is 0 Å². The van der Waals surface area contributed by atoms with E-state index in [9.17, 15) is 38.9 Å². The minimum absolute atomic E-state index is 0. The van der Waals surface area contributed by atoms with Crippen LogP contribution in [0.4, 0.5) is 0 Å². The van der Waals surface area contributed by atoms with Crippen molar-refractivity contribution in [3.63, 3.8) is 0 Å². The van der Waals surface area contributed by atoms with E-state index >= 15 is 0 Å². The molecule has 0 aromatic heterocycles. The molecule has 3 rings (SSSR count). The second-order valence-electron chi connectivity index (χ2n) is 6.80. The molecule has 0 amide bonds. The molecule has 40 heavy (non-hydrogen) atoms.